The van der Waals surface area contributed by atoms with Gasteiger partial charge in [-0.25, -0.2) is 4.79 Å². The van der Waals surface area contributed by atoms with Crippen LogP contribution in [0.2, 0.25) is 0 Å². The number of hydrogen-bond donors (Lipinski definition) is 0. The molecule has 0 atom stereocenters. The topological polar surface area (TPSA) is 59.8 Å². The highest BCUT2D eigenvalue weighted by Crippen LogP contribution is 2.24. The number of benzene rings is 1. The van der Waals surface area contributed by atoms with Crippen molar-refractivity contribution in [2.45, 2.75) is 39.8 Å². The lowest BCUT2D eigenvalue weighted by molar-refractivity contribution is 0.0645. The molecule has 1 aromatic carbocycles. The molecule has 0 N–H and O–H groups in total. The van der Waals surface area contributed by atoms with E-state index in [4.69, 9.17) is 9.15 Å². The van der Waals surface area contributed by atoms with Crippen LogP contribution in [0.4, 0.5) is 0 Å². The third-order valence-corrected chi connectivity index (χ3v) is 3.53. The minimum Gasteiger partial charge on any atom is -0.497 e. The average molecular weight is 303 g/mol. The number of carbonyl (C=O) groups excluding carboxylic acids is 1. The lowest BCUT2D eigenvalue weighted by Crippen LogP contribution is -2.42. The molecule has 118 valence electrons. The van der Waals surface area contributed by atoms with E-state index in [1.807, 2.05) is 27.7 Å². The fourth-order valence-electron chi connectivity index (χ4n) is 2.65. The van der Waals surface area contributed by atoms with E-state index >= 15 is 0 Å². The van der Waals surface area contributed by atoms with Crippen molar-refractivity contribution in [3.05, 3.63) is 40.2 Å². The van der Waals surface area contributed by atoms with Gasteiger partial charge < -0.3 is 14.1 Å². The molecule has 1 heterocycles. The minimum atomic E-state index is -0.545. The molecule has 0 aliphatic carbocycles. The molecule has 22 heavy (non-hydrogen) atoms. The van der Waals surface area contributed by atoms with Gasteiger partial charge in [-0.05, 0) is 39.8 Å². The predicted octanol–water partition coefficient (Wildman–Crippen LogP) is 3.06. The summed E-state index contributed by atoms with van der Waals surface area (Å²) in [5.74, 6) is 0.401. The monoisotopic (exact) mass is 303 g/mol. The van der Waals surface area contributed by atoms with Crippen molar-refractivity contribution >= 4 is 16.9 Å². The highest BCUT2D eigenvalue weighted by atomic mass is 16.5. The highest BCUT2D eigenvalue weighted by Gasteiger charge is 2.24. The van der Waals surface area contributed by atoms with Crippen molar-refractivity contribution in [2.24, 2.45) is 0 Å². The van der Waals surface area contributed by atoms with Crippen molar-refractivity contribution in [1.82, 2.24) is 4.90 Å². The first-order valence-corrected chi connectivity index (χ1v) is 7.29. The van der Waals surface area contributed by atoms with Crippen molar-refractivity contribution in [3.63, 3.8) is 0 Å². The summed E-state index contributed by atoms with van der Waals surface area (Å²) in [5.41, 5.74) is 0.163. The third kappa shape index (κ3) is 2.98. The molecule has 0 bridgehead atoms. The van der Waals surface area contributed by atoms with Crippen LogP contribution < -0.4 is 10.4 Å². The van der Waals surface area contributed by atoms with E-state index < -0.39 is 5.63 Å². The van der Waals surface area contributed by atoms with Gasteiger partial charge in [0.25, 0.3) is 5.91 Å². The second kappa shape index (κ2) is 6.22. The van der Waals surface area contributed by atoms with Gasteiger partial charge in [0.05, 0.1) is 12.7 Å². The molecule has 0 saturated heterocycles. The SMILES string of the molecule is COc1ccc2c(C(=O)N(C(C)C)C(C)C)cc(=O)oc2c1. The first kappa shape index (κ1) is 16.1. The number of amides is 1. The molecular formula is C17H21NO4. The zero-order chi connectivity index (χ0) is 16.4. The van der Waals surface area contributed by atoms with E-state index in [-0.39, 0.29) is 18.0 Å². The number of methoxy groups -OCH3 is 1. The van der Waals surface area contributed by atoms with Crippen LogP contribution in [0.3, 0.4) is 0 Å². The molecule has 0 aliphatic heterocycles. The summed E-state index contributed by atoms with van der Waals surface area (Å²) in [6.45, 7) is 7.81. The van der Waals surface area contributed by atoms with Gasteiger partial charge in [-0.15, -0.1) is 0 Å². The molecule has 5 nitrogen and oxygen atoms in total. The van der Waals surface area contributed by atoms with E-state index in [0.29, 0.717) is 22.3 Å². The Kier molecular flexibility index (Phi) is 4.54. The molecule has 0 spiro atoms. The fraction of sp³-hybridized carbons (Fsp3) is 0.412. The summed E-state index contributed by atoms with van der Waals surface area (Å²) in [5, 5.41) is 0.608. The van der Waals surface area contributed by atoms with Crippen LogP contribution in [0.25, 0.3) is 11.0 Å². The van der Waals surface area contributed by atoms with Gasteiger partial charge >= 0.3 is 5.63 Å². The number of rotatable bonds is 4. The minimum absolute atomic E-state index is 0.0352. The zero-order valence-electron chi connectivity index (χ0n) is 13.5. The summed E-state index contributed by atoms with van der Waals surface area (Å²) in [7, 11) is 1.54. The summed E-state index contributed by atoms with van der Waals surface area (Å²) >= 11 is 0. The second-order valence-electron chi connectivity index (χ2n) is 5.74. The molecule has 0 radical (unpaired) electrons. The predicted molar refractivity (Wildman–Crippen MR) is 85.5 cm³/mol. The summed E-state index contributed by atoms with van der Waals surface area (Å²) in [4.78, 5) is 26.4. The lowest BCUT2D eigenvalue weighted by atomic mass is 10.1. The van der Waals surface area contributed by atoms with Crippen LogP contribution >= 0.6 is 0 Å². The van der Waals surface area contributed by atoms with Gasteiger partial charge in [0.1, 0.15) is 11.3 Å². The average Bonchev–Trinajstić information content (AvgIpc) is 2.44. The first-order valence-electron chi connectivity index (χ1n) is 7.29. The van der Waals surface area contributed by atoms with Crippen molar-refractivity contribution in [2.75, 3.05) is 7.11 Å². The Bertz CT molecular complexity index is 738. The largest absolute Gasteiger partial charge is 0.497 e. The van der Waals surface area contributed by atoms with Gasteiger partial charge in [0, 0.05) is 29.6 Å². The molecule has 1 amide bonds. The molecular weight excluding hydrogens is 282 g/mol. The molecule has 5 heteroatoms. The molecule has 1 aromatic heterocycles. The number of hydrogen-bond acceptors (Lipinski definition) is 4. The van der Waals surface area contributed by atoms with Crippen molar-refractivity contribution in [3.8, 4) is 5.75 Å². The maximum atomic E-state index is 12.9. The van der Waals surface area contributed by atoms with E-state index in [9.17, 15) is 9.59 Å². The van der Waals surface area contributed by atoms with E-state index in [2.05, 4.69) is 0 Å². The van der Waals surface area contributed by atoms with Gasteiger partial charge in [0.15, 0.2) is 0 Å². The zero-order valence-corrected chi connectivity index (χ0v) is 13.5. The van der Waals surface area contributed by atoms with Gasteiger partial charge in [0.2, 0.25) is 0 Å². The molecule has 0 saturated carbocycles. The number of carbonyl (C=O) groups is 1. The van der Waals surface area contributed by atoms with Crippen molar-refractivity contribution < 1.29 is 13.9 Å². The van der Waals surface area contributed by atoms with Crippen LogP contribution in [-0.4, -0.2) is 30.0 Å². The Balaban J connectivity index is 2.64. The molecule has 2 aromatic rings. The Morgan fingerprint density at radius 3 is 2.32 bits per heavy atom. The quantitative estimate of drug-likeness (QED) is 0.814. The maximum absolute atomic E-state index is 12.9. The second-order valence-corrected chi connectivity index (χ2v) is 5.74. The summed E-state index contributed by atoms with van der Waals surface area (Å²) in [6.07, 6.45) is 0. The van der Waals surface area contributed by atoms with E-state index in [1.54, 1.807) is 23.1 Å². The Morgan fingerprint density at radius 1 is 1.14 bits per heavy atom. The van der Waals surface area contributed by atoms with Crippen LogP contribution in [0.1, 0.15) is 38.1 Å². The van der Waals surface area contributed by atoms with E-state index in [1.165, 1.54) is 13.2 Å². The molecule has 2 rings (SSSR count). The third-order valence-electron chi connectivity index (χ3n) is 3.53. The van der Waals surface area contributed by atoms with Crippen LogP contribution in [0, 0.1) is 0 Å². The Morgan fingerprint density at radius 2 is 1.77 bits per heavy atom. The van der Waals surface area contributed by atoms with Crippen LogP contribution in [0.15, 0.2) is 33.5 Å². The number of ether oxygens (including phenoxy) is 1. The van der Waals surface area contributed by atoms with Crippen molar-refractivity contribution in [1.29, 1.82) is 0 Å². The molecule has 0 aliphatic rings. The fourth-order valence-corrected chi connectivity index (χ4v) is 2.65. The number of fused-ring (bicyclic) bond motifs is 1. The Labute approximate surface area is 129 Å². The number of nitrogens with zero attached hydrogens (tertiary/aromatic N) is 1. The Hall–Kier alpha value is -2.30. The smallest absolute Gasteiger partial charge is 0.337 e. The maximum Gasteiger partial charge on any atom is 0.337 e. The van der Waals surface area contributed by atoms with Crippen LogP contribution in [-0.2, 0) is 0 Å². The summed E-state index contributed by atoms with van der Waals surface area (Å²) in [6, 6.07) is 6.43. The standard InChI is InChI=1S/C17H21NO4/c1-10(2)18(11(3)4)17(20)14-9-16(19)22-15-8-12(21-5)6-7-13(14)15/h6-11H,1-5H3. The molecule has 0 unspecified atom stereocenters. The van der Waals surface area contributed by atoms with Gasteiger partial charge in [-0.1, -0.05) is 0 Å². The highest BCUT2D eigenvalue weighted by molar-refractivity contribution is 6.05. The van der Waals surface area contributed by atoms with E-state index in [0.717, 1.165) is 0 Å². The summed E-state index contributed by atoms with van der Waals surface area (Å²) < 4.78 is 10.3. The molecule has 0 fully saturated rings. The first-order chi connectivity index (χ1) is 10.3. The van der Waals surface area contributed by atoms with Crippen LogP contribution in [0.5, 0.6) is 5.75 Å². The van der Waals surface area contributed by atoms with Gasteiger partial charge in [-0.2, -0.15) is 0 Å². The van der Waals surface area contributed by atoms with Gasteiger partial charge in [-0.3, -0.25) is 4.79 Å². The lowest BCUT2D eigenvalue weighted by Gasteiger charge is -2.31. The normalized spacial score (nSPS) is 11.2.